The van der Waals surface area contributed by atoms with Gasteiger partial charge in [-0.05, 0) is 24.1 Å². The highest BCUT2D eigenvalue weighted by Crippen LogP contribution is 2.20. The fourth-order valence-corrected chi connectivity index (χ4v) is 1.39. The van der Waals surface area contributed by atoms with Crippen LogP contribution in [0, 0.1) is 16.7 Å². The molecule has 0 heterocycles. The average Bonchev–Trinajstić information content (AvgIpc) is 2.29. The number of hydrogen-bond acceptors (Lipinski definition) is 3. The highest BCUT2D eigenvalue weighted by atomic mass is 16.1. The number of benzene rings is 1. The summed E-state index contributed by atoms with van der Waals surface area (Å²) >= 11 is 0. The molecule has 0 saturated carbocycles. The molecular weight excluding hydrogens is 214 g/mol. The second-order valence-electron chi connectivity index (χ2n) is 4.75. The SMILES string of the molecule is CC(C)(CN)CC(=O)Nc1ccccc1C#N. The summed E-state index contributed by atoms with van der Waals surface area (Å²) in [5.74, 6) is -0.122. The van der Waals surface area contributed by atoms with Gasteiger partial charge >= 0.3 is 0 Å². The van der Waals surface area contributed by atoms with E-state index < -0.39 is 0 Å². The Morgan fingerprint density at radius 2 is 2.12 bits per heavy atom. The number of amides is 1. The molecule has 4 nitrogen and oxygen atoms in total. The standard InChI is InChI=1S/C13H17N3O/c1-13(2,9-15)7-12(17)16-11-6-4-3-5-10(11)8-14/h3-6H,7,9,15H2,1-2H3,(H,16,17). The summed E-state index contributed by atoms with van der Waals surface area (Å²) in [4.78, 5) is 11.8. The molecule has 0 radical (unpaired) electrons. The zero-order valence-electron chi connectivity index (χ0n) is 10.2. The molecule has 0 aliphatic rings. The van der Waals surface area contributed by atoms with Crippen LogP contribution in [0.2, 0.25) is 0 Å². The molecule has 1 rings (SSSR count). The van der Waals surface area contributed by atoms with Crippen molar-refractivity contribution in [3.63, 3.8) is 0 Å². The minimum atomic E-state index is -0.230. The van der Waals surface area contributed by atoms with Gasteiger partial charge in [-0.2, -0.15) is 5.26 Å². The van der Waals surface area contributed by atoms with Crippen LogP contribution < -0.4 is 11.1 Å². The summed E-state index contributed by atoms with van der Waals surface area (Å²) in [6, 6.07) is 8.97. The predicted molar refractivity (Wildman–Crippen MR) is 67.2 cm³/mol. The topological polar surface area (TPSA) is 78.9 Å². The molecule has 3 N–H and O–H groups in total. The number of carbonyl (C=O) groups is 1. The molecule has 0 bridgehead atoms. The summed E-state index contributed by atoms with van der Waals surface area (Å²) in [7, 11) is 0. The Morgan fingerprint density at radius 1 is 1.47 bits per heavy atom. The lowest BCUT2D eigenvalue weighted by Crippen LogP contribution is -2.29. The maximum atomic E-state index is 11.8. The summed E-state index contributed by atoms with van der Waals surface area (Å²) in [6.45, 7) is 4.31. The van der Waals surface area contributed by atoms with Crippen molar-refractivity contribution < 1.29 is 4.79 Å². The van der Waals surface area contributed by atoms with Crippen molar-refractivity contribution in [3.8, 4) is 6.07 Å². The minimum absolute atomic E-state index is 0.122. The molecule has 17 heavy (non-hydrogen) atoms. The fourth-order valence-electron chi connectivity index (χ4n) is 1.39. The molecule has 0 fully saturated rings. The van der Waals surface area contributed by atoms with Gasteiger partial charge in [0, 0.05) is 6.42 Å². The first-order chi connectivity index (χ1) is 7.98. The Bertz CT molecular complexity index is 446. The summed E-state index contributed by atoms with van der Waals surface area (Å²) < 4.78 is 0. The first-order valence-electron chi connectivity index (χ1n) is 5.47. The van der Waals surface area contributed by atoms with Crippen LogP contribution in [0.1, 0.15) is 25.8 Å². The van der Waals surface area contributed by atoms with Crippen molar-refractivity contribution in [1.82, 2.24) is 0 Å². The van der Waals surface area contributed by atoms with E-state index in [4.69, 9.17) is 11.0 Å². The third kappa shape index (κ3) is 3.89. The lowest BCUT2D eigenvalue weighted by atomic mass is 9.89. The van der Waals surface area contributed by atoms with Crippen molar-refractivity contribution in [2.75, 3.05) is 11.9 Å². The summed E-state index contributed by atoms with van der Waals surface area (Å²) in [5, 5.41) is 11.6. The van der Waals surface area contributed by atoms with Gasteiger partial charge < -0.3 is 11.1 Å². The van der Waals surface area contributed by atoms with Gasteiger partial charge in [0.05, 0.1) is 11.3 Å². The zero-order valence-corrected chi connectivity index (χ0v) is 10.2. The number of nitrogens with one attached hydrogen (secondary N) is 1. The van der Waals surface area contributed by atoms with Crippen LogP contribution in [0.5, 0.6) is 0 Å². The van der Waals surface area contributed by atoms with Crippen molar-refractivity contribution >= 4 is 11.6 Å². The van der Waals surface area contributed by atoms with Gasteiger partial charge in [-0.15, -0.1) is 0 Å². The molecule has 1 aromatic carbocycles. The van der Waals surface area contributed by atoms with E-state index in [0.717, 1.165) is 0 Å². The zero-order chi connectivity index (χ0) is 12.9. The maximum Gasteiger partial charge on any atom is 0.224 e. The van der Waals surface area contributed by atoms with E-state index in [9.17, 15) is 4.79 Å². The third-order valence-electron chi connectivity index (χ3n) is 2.51. The molecule has 4 heteroatoms. The Morgan fingerprint density at radius 3 is 2.71 bits per heavy atom. The summed E-state index contributed by atoms with van der Waals surface area (Å²) in [5.41, 5.74) is 6.35. The number of rotatable bonds is 4. The number of nitriles is 1. The molecule has 0 aliphatic carbocycles. The van der Waals surface area contributed by atoms with E-state index in [-0.39, 0.29) is 11.3 Å². The molecule has 0 unspecified atom stereocenters. The second kappa shape index (κ2) is 5.46. The van der Waals surface area contributed by atoms with Crippen LogP contribution in [0.3, 0.4) is 0 Å². The smallest absolute Gasteiger partial charge is 0.224 e. The van der Waals surface area contributed by atoms with Crippen LogP contribution >= 0.6 is 0 Å². The highest BCUT2D eigenvalue weighted by Gasteiger charge is 2.20. The minimum Gasteiger partial charge on any atom is -0.330 e. The first kappa shape index (κ1) is 13.2. The van der Waals surface area contributed by atoms with Gasteiger partial charge in [-0.3, -0.25) is 4.79 Å². The van der Waals surface area contributed by atoms with Crippen LogP contribution in [0.15, 0.2) is 24.3 Å². The number of para-hydroxylation sites is 1. The quantitative estimate of drug-likeness (QED) is 0.830. The average molecular weight is 231 g/mol. The van der Waals surface area contributed by atoms with E-state index in [1.165, 1.54) is 0 Å². The normalized spacial score (nSPS) is 10.7. The van der Waals surface area contributed by atoms with E-state index in [2.05, 4.69) is 5.32 Å². The molecule has 0 atom stereocenters. The van der Waals surface area contributed by atoms with Crippen molar-refractivity contribution in [3.05, 3.63) is 29.8 Å². The van der Waals surface area contributed by atoms with E-state index in [1.807, 2.05) is 19.9 Å². The van der Waals surface area contributed by atoms with Crippen LogP contribution in [-0.2, 0) is 4.79 Å². The molecule has 1 amide bonds. The van der Waals surface area contributed by atoms with E-state index >= 15 is 0 Å². The first-order valence-corrected chi connectivity index (χ1v) is 5.47. The molecule has 1 aromatic rings. The van der Waals surface area contributed by atoms with Crippen molar-refractivity contribution in [2.45, 2.75) is 20.3 Å². The maximum absolute atomic E-state index is 11.8. The van der Waals surface area contributed by atoms with Crippen molar-refractivity contribution in [2.24, 2.45) is 11.1 Å². The Balaban J connectivity index is 2.73. The van der Waals surface area contributed by atoms with Crippen LogP contribution in [0.25, 0.3) is 0 Å². The highest BCUT2D eigenvalue weighted by molar-refractivity contribution is 5.92. The fraction of sp³-hybridized carbons (Fsp3) is 0.385. The molecule has 0 aliphatic heterocycles. The number of anilines is 1. The lowest BCUT2D eigenvalue weighted by Gasteiger charge is -2.21. The molecule has 0 saturated heterocycles. The van der Waals surface area contributed by atoms with Gasteiger partial charge in [0.25, 0.3) is 0 Å². The van der Waals surface area contributed by atoms with Gasteiger partial charge in [0.2, 0.25) is 5.91 Å². The summed E-state index contributed by atoms with van der Waals surface area (Å²) in [6.07, 6.45) is 0.337. The monoisotopic (exact) mass is 231 g/mol. The van der Waals surface area contributed by atoms with Gasteiger partial charge in [-0.1, -0.05) is 26.0 Å². The van der Waals surface area contributed by atoms with E-state index in [0.29, 0.717) is 24.2 Å². The second-order valence-corrected chi connectivity index (χ2v) is 4.75. The molecular formula is C13H17N3O. The van der Waals surface area contributed by atoms with Crippen LogP contribution in [0.4, 0.5) is 5.69 Å². The van der Waals surface area contributed by atoms with Gasteiger partial charge in [0.15, 0.2) is 0 Å². The van der Waals surface area contributed by atoms with Gasteiger partial charge in [-0.25, -0.2) is 0 Å². The Kier molecular flexibility index (Phi) is 4.24. The number of nitrogens with zero attached hydrogens (tertiary/aromatic N) is 1. The van der Waals surface area contributed by atoms with Gasteiger partial charge in [0.1, 0.15) is 6.07 Å². The Hall–Kier alpha value is -1.86. The predicted octanol–water partition coefficient (Wildman–Crippen LogP) is 1.87. The Labute approximate surface area is 101 Å². The number of carbonyl (C=O) groups excluding carboxylic acids is 1. The third-order valence-corrected chi connectivity index (χ3v) is 2.51. The largest absolute Gasteiger partial charge is 0.330 e. The van der Waals surface area contributed by atoms with Crippen molar-refractivity contribution in [1.29, 1.82) is 5.26 Å². The lowest BCUT2D eigenvalue weighted by molar-refractivity contribution is -0.117. The van der Waals surface area contributed by atoms with E-state index in [1.54, 1.807) is 24.3 Å². The number of nitrogens with two attached hydrogens (primary N) is 1. The molecule has 0 spiro atoms. The molecule has 0 aromatic heterocycles. The number of hydrogen-bond donors (Lipinski definition) is 2. The van der Waals surface area contributed by atoms with Crippen LogP contribution in [-0.4, -0.2) is 12.5 Å². The molecule has 90 valence electrons.